The van der Waals surface area contributed by atoms with Gasteiger partial charge in [0.2, 0.25) is 0 Å². The minimum absolute atomic E-state index is 0.0941. The van der Waals surface area contributed by atoms with E-state index < -0.39 is 9.84 Å². The lowest BCUT2D eigenvalue weighted by molar-refractivity contribution is 0.602. The van der Waals surface area contributed by atoms with Gasteiger partial charge in [-0.3, -0.25) is 0 Å². The van der Waals surface area contributed by atoms with Crippen molar-refractivity contribution in [1.29, 1.82) is 0 Å². The molecule has 1 aliphatic rings. The Morgan fingerprint density at radius 1 is 1.42 bits per heavy atom. The molecule has 2 nitrogen and oxygen atoms in total. The summed E-state index contributed by atoms with van der Waals surface area (Å²) in [7, 11) is -2.84. The Balaban J connectivity index is 2.58. The number of halogens is 1. The van der Waals surface area contributed by atoms with Crippen molar-refractivity contribution in [2.45, 2.75) is 29.7 Å². The molecule has 12 heavy (non-hydrogen) atoms. The van der Waals surface area contributed by atoms with Crippen LogP contribution in [0, 0.1) is 0 Å². The Labute approximate surface area is 83.0 Å². The molecule has 0 aromatic heterocycles. The van der Waals surface area contributed by atoms with E-state index in [1.54, 1.807) is 11.8 Å². The number of hydrogen-bond donors (Lipinski definition) is 0. The van der Waals surface area contributed by atoms with E-state index in [2.05, 4.69) is 13.8 Å². The lowest BCUT2D eigenvalue weighted by Gasteiger charge is -2.13. The highest BCUT2D eigenvalue weighted by Gasteiger charge is 2.36. The topological polar surface area (TPSA) is 34.1 Å². The molecular formula is C7H13ClO2S2. The van der Waals surface area contributed by atoms with Crippen LogP contribution in [-0.4, -0.2) is 35.8 Å². The Hall–Kier alpha value is 0.590. The van der Waals surface area contributed by atoms with E-state index in [1.165, 1.54) is 0 Å². The Kier molecular flexibility index (Phi) is 3.34. The zero-order valence-electron chi connectivity index (χ0n) is 7.16. The largest absolute Gasteiger partial charge is 0.229 e. The molecule has 0 radical (unpaired) electrons. The third kappa shape index (κ3) is 2.82. The van der Waals surface area contributed by atoms with Gasteiger partial charge in [0, 0.05) is 5.25 Å². The molecule has 1 rings (SSSR count). The summed E-state index contributed by atoms with van der Waals surface area (Å²) >= 11 is 7.57. The summed E-state index contributed by atoms with van der Waals surface area (Å²) < 4.78 is 22.3. The van der Waals surface area contributed by atoms with Crippen LogP contribution in [0.2, 0.25) is 0 Å². The second-order valence-corrected chi connectivity index (χ2v) is 7.85. The van der Waals surface area contributed by atoms with Crippen LogP contribution in [0.1, 0.15) is 13.8 Å². The highest BCUT2D eigenvalue weighted by Crippen LogP contribution is 2.30. The van der Waals surface area contributed by atoms with Crippen molar-refractivity contribution in [2.75, 3.05) is 11.5 Å². The van der Waals surface area contributed by atoms with Crippen LogP contribution < -0.4 is 0 Å². The Morgan fingerprint density at radius 3 is 2.33 bits per heavy atom. The van der Waals surface area contributed by atoms with Gasteiger partial charge in [-0.15, -0.1) is 11.6 Å². The number of alkyl halides is 1. The summed E-state index contributed by atoms with van der Waals surface area (Å²) in [6.45, 7) is 4.11. The van der Waals surface area contributed by atoms with Crippen molar-refractivity contribution in [3.63, 3.8) is 0 Å². The minimum Gasteiger partial charge on any atom is -0.229 e. The third-order valence-electron chi connectivity index (χ3n) is 1.68. The molecule has 0 aliphatic carbocycles. The summed E-state index contributed by atoms with van der Waals surface area (Å²) in [5.41, 5.74) is 0. The molecule has 0 bridgehead atoms. The summed E-state index contributed by atoms with van der Waals surface area (Å²) in [4.78, 5) is 0. The van der Waals surface area contributed by atoms with Gasteiger partial charge in [-0.2, -0.15) is 11.8 Å². The Morgan fingerprint density at radius 2 is 2.00 bits per heavy atom. The van der Waals surface area contributed by atoms with Crippen molar-refractivity contribution in [3.05, 3.63) is 0 Å². The van der Waals surface area contributed by atoms with Gasteiger partial charge in [0.05, 0.1) is 16.9 Å². The molecule has 5 heteroatoms. The average Bonchev–Trinajstić information content (AvgIpc) is 2.03. The van der Waals surface area contributed by atoms with Gasteiger partial charge < -0.3 is 0 Å². The van der Waals surface area contributed by atoms with Gasteiger partial charge in [-0.1, -0.05) is 13.8 Å². The molecule has 1 heterocycles. The number of thioether (sulfide) groups is 1. The summed E-state index contributed by atoms with van der Waals surface area (Å²) in [6.07, 6.45) is 0. The van der Waals surface area contributed by atoms with Crippen molar-refractivity contribution < 1.29 is 8.42 Å². The smallest absolute Gasteiger partial charge is 0.152 e. The number of rotatable bonds is 2. The van der Waals surface area contributed by atoms with Crippen molar-refractivity contribution in [1.82, 2.24) is 0 Å². The van der Waals surface area contributed by atoms with Crippen molar-refractivity contribution >= 4 is 33.2 Å². The van der Waals surface area contributed by atoms with E-state index in [1.807, 2.05) is 0 Å². The molecule has 0 spiro atoms. The average molecular weight is 229 g/mol. The zero-order chi connectivity index (χ0) is 9.35. The van der Waals surface area contributed by atoms with Gasteiger partial charge in [0.25, 0.3) is 0 Å². The van der Waals surface area contributed by atoms with E-state index in [0.717, 1.165) is 0 Å². The standard InChI is InChI=1S/C7H13ClO2S2/c1-5(2)11-7-4-12(9,10)3-6(7)8/h5-7H,3-4H2,1-2H3/t6-,7-/m0/s1. The van der Waals surface area contributed by atoms with E-state index >= 15 is 0 Å². The lowest BCUT2D eigenvalue weighted by Crippen LogP contribution is -2.16. The number of hydrogen-bond acceptors (Lipinski definition) is 3. The summed E-state index contributed by atoms with van der Waals surface area (Å²) in [5.74, 6) is 0.406. The van der Waals surface area contributed by atoms with Crippen LogP contribution in [0.3, 0.4) is 0 Å². The van der Waals surface area contributed by atoms with Crippen LogP contribution in [0.15, 0.2) is 0 Å². The molecule has 72 valence electrons. The third-order valence-corrected chi connectivity index (χ3v) is 5.81. The van der Waals surface area contributed by atoms with Crippen LogP contribution in [-0.2, 0) is 9.84 Å². The second kappa shape index (κ2) is 3.76. The van der Waals surface area contributed by atoms with Gasteiger partial charge in [-0.25, -0.2) is 8.42 Å². The SMILES string of the molecule is CC(C)S[C@H]1CS(=O)(=O)C[C@@H]1Cl. The molecule has 0 aromatic carbocycles. The molecule has 0 aromatic rings. The van der Waals surface area contributed by atoms with E-state index in [9.17, 15) is 8.42 Å². The maximum absolute atomic E-state index is 11.1. The van der Waals surface area contributed by atoms with Gasteiger partial charge in [-0.05, 0) is 5.25 Å². The fraction of sp³-hybridized carbons (Fsp3) is 1.00. The first-order valence-electron chi connectivity index (χ1n) is 3.90. The van der Waals surface area contributed by atoms with Gasteiger partial charge in [0.1, 0.15) is 0 Å². The fourth-order valence-electron chi connectivity index (χ4n) is 1.25. The molecule has 1 fully saturated rings. The van der Waals surface area contributed by atoms with Crippen molar-refractivity contribution in [2.24, 2.45) is 0 Å². The van der Waals surface area contributed by atoms with Gasteiger partial charge >= 0.3 is 0 Å². The summed E-state index contributed by atoms with van der Waals surface area (Å²) in [5, 5.41) is 0.351. The molecule has 0 N–H and O–H groups in total. The lowest BCUT2D eigenvalue weighted by atomic mass is 10.4. The number of sulfone groups is 1. The molecular weight excluding hydrogens is 216 g/mol. The quantitative estimate of drug-likeness (QED) is 0.673. The van der Waals surface area contributed by atoms with E-state index in [4.69, 9.17) is 11.6 Å². The highest BCUT2D eigenvalue weighted by atomic mass is 35.5. The molecule has 1 aliphatic heterocycles. The van der Waals surface area contributed by atoms with E-state index in [-0.39, 0.29) is 22.1 Å². The van der Waals surface area contributed by atoms with Crippen LogP contribution in [0.5, 0.6) is 0 Å². The first-order chi connectivity index (χ1) is 5.41. The van der Waals surface area contributed by atoms with Gasteiger partial charge in [0.15, 0.2) is 9.84 Å². The van der Waals surface area contributed by atoms with E-state index in [0.29, 0.717) is 5.25 Å². The van der Waals surface area contributed by atoms with Crippen LogP contribution >= 0.6 is 23.4 Å². The normalized spacial score (nSPS) is 34.3. The maximum atomic E-state index is 11.1. The maximum Gasteiger partial charge on any atom is 0.152 e. The first kappa shape index (κ1) is 10.7. The zero-order valence-corrected chi connectivity index (χ0v) is 9.55. The minimum atomic E-state index is -2.84. The van der Waals surface area contributed by atoms with Crippen LogP contribution in [0.25, 0.3) is 0 Å². The molecule has 1 saturated heterocycles. The highest BCUT2D eigenvalue weighted by molar-refractivity contribution is 8.02. The van der Waals surface area contributed by atoms with Crippen LogP contribution in [0.4, 0.5) is 0 Å². The van der Waals surface area contributed by atoms with Crippen molar-refractivity contribution in [3.8, 4) is 0 Å². The molecule has 0 amide bonds. The first-order valence-corrected chi connectivity index (χ1v) is 7.11. The predicted molar refractivity (Wildman–Crippen MR) is 54.8 cm³/mol. The molecule has 0 saturated carbocycles. The summed E-state index contributed by atoms with van der Waals surface area (Å²) in [6, 6.07) is 0. The Bertz CT molecular complexity index is 248. The second-order valence-electron chi connectivity index (χ2n) is 3.32. The predicted octanol–water partition coefficient (Wildman–Crippen LogP) is 1.53. The molecule has 0 unspecified atom stereocenters. The molecule has 2 atom stereocenters. The fourth-order valence-corrected chi connectivity index (χ4v) is 5.81. The monoisotopic (exact) mass is 228 g/mol.